The van der Waals surface area contributed by atoms with Crippen molar-refractivity contribution in [3.8, 4) is 5.75 Å². The molecule has 0 radical (unpaired) electrons. The molecule has 1 atom stereocenters. The van der Waals surface area contributed by atoms with Crippen LogP contribution < -0.4 is 10.5 Å². The molecule has 2 N–H and O–H groups in total. The predicted molar refractivity (Wildman–Crippen MR) is 65.5 cm³/mol. The molecule has 8 heteroatoms. The van der Waals surface area contributed by atoms with Gasteiger partial charge in [0.25, 0.3) is 0 Å². The van der Waals surface area contributed by atoms with Crippen LogP contribution in [0, 0.1) is 17.5 Å². The lowest BCUT2D eigenvalue weighted by molar-refractivity contribution is -0.274. The van der Waals surface area contributed by atoms with Gasteiger partial charge in [0.05, 0.1) is 6.04 Å². The summed E-state index contributed by atoms with van der Waals surface area (Å²) in [7, 11) is 0. The molecule has 0 aliphatic heterocycles. The molecule has 2 aromatic carbocycles. The Hall–Kier alpha value is -2.22. The molecule has 0 bridgehead atoms. The summed E-state index contributed by atoms with van der Waals surface area (Å²) >= 11 is 0. The number of halogens is 6. The smallest absolute Gasteiger partial charge is 0.406 e. The van der Waals surface area contributed by atoms with Gasteiger partial charge in [-0.1, -0.05) is 12.1 Å². The average Bonchev–Trinajstić information content (AvgIpc) is 2.42. The molecule has 22 heavy (non-hydrogen) atoms. The van der Waals surface area contributed by atoms with Crippen molar-refractivity contribution >= 4 is 0 Å². The van der Waals surface area contributed by atoms with Crippen molar-refractivity contribution < 1.29 is 31.1 Å². The van der Waals surface area contributed by atoms with Crippen molar-refractivity contribution in [2.75, 3.05) is 0 Å². The lowest BCUT2D eigenvalue weighted by Gasteiger charge is -2.14. The van der Waals surface area contributed by atoms with E-state index in [1.165, 1.54) is 12.1 Å². The highest BCUT2D eigenvalue weighted by molar-refractivity contribution is 5.35. The number of hydrogen-bond donors (Lipinski definition) is 1. The minimum Gasteiger partial charge on any atom is -0.406 e. The summed E-state index contributed by atoms with van der Waals surface area (Å²) in [5.41, 5.74) is 5.99. The fourth-order valence-electron chi connectivity index (χ4n) is 1.82. The van der Waals surface area contributed by atoms with Crippen molar-refractivity contribution in [3.05, 3.63) is 65.0 Å². The third-order valence-electron chi connectivity index (χ3n) is 2.84. The van der Waals surface area contributed by atoms with Gasteiger partial charge < -0.3 is 10.5 Å². The first-order valence-electron chi connectivity index (χ1n) is 5.93. The van der Waals surface area contributed by atoms with Gasteiger partial charge in [-0.15, -0.1) is 13.2 Å². The fraction of sp³-hybridized carbons (Fsp3) is 0.143. The van der Waals surface area contributed by atoms with E-state index in [0.29, 0.717) is 0 Å². The zero-order valence-corrected chi connectivity index (χ0v) is 10.8. The first-order valence-corrected chi connectivity index (χ1v) is 5.93. The summed E-state index contributed by atoms with van der Waals surface area (Å²) in [6.07, 6.45) is -4.83. The van der Waals surface area contributed by atoms with Crippen LogP contribution in [-0.4, -0.2) is 6.36 Å². The summed E-state index contributed by atoms with van der Waals surface area (Å²) in [6.45, 7) is 0. The maximum absolute atomic E-state index is 13.2. The summed E-state index contributed by atoms with van der Waals surface area (Å²) < 4.78 is 78.9. The lowest BCUT2D eigenvalue weighted by Crippen LogP contribution is -2.17. The molecule has 118 valence electrons. The summed E-state index contributed by atoms with van der Waals surface area (Å²) in [4.78, 5) is 0. The molecule has 2 aromatic rings. The summed E-state index contributed by atoms with van der Waals surface area (Å²) in [5, 5.41) is 0. The minimum atomic E-state index is -4.83. The van der Waals surface area contributed by atoms with Gasteiger partial charge >= 0.3 is 6.36 Å². The summed E-state index contributed by atoms with van der Waals surface area (Å²) in [6, 6.07) is 4.87. The second-order valence-electron chi connectivity index (χ2n) is 4.39. The van der Waals surface area contributed by atoms with Crippen LogP contribution in [-0.2, 0) is 0 Å². The predicted octanol–water partition coefficient (Wildman–Crippen LogP) is 4.05. The molecule has 0 amide bonds. The quantitative estimate of drug-likeness (QED) is 0.684. The molecule has 2 nitrogen and oxygen atoms in total. The van der Waals surface area contributed by atoms with Crippen LogP contribution >= 0.6 is 0 Å². The number of rotatable bonds is 3. The Balaban J connectivity index is 2.25. The van der Waals surface area contributed by atoms with E-state index < -0.39 is 35.6 Å². The molecule has 0 aromatic heterocycles. The first kappa shape index (κ1) is 16.2. The third-order valence-corrected chi connectivity index (χ3v) is 2.84. The Morgan fingerprint density at radius 3 is 1.82 bits per heavy atom. The van der Waals surface area contributed by atoms with Gasteiger partial charge in [-0.25, -0.2) is 13.2 Å². The highest BCUT2D eigenvalue weighted by Crippen LogP contribution is 2.27. The minimum absolute atomic E-state index is 0.0547. The second kappa shape index (κ2) is 5.88. The monoisotopic (exact) mass is 321 g/mol. The van der Waals surface area contributed by atoms with Gasteiger partial charge in [0.1, 0.15) is 5.75 Å². The zero-order valence-electron chi connectivity index (χ0n) is 10.8. The van der Waals surface area contributed by atoms with Gasteiger partial charge in [0, 0.05) is 0 Å². The van der Waals surface area contributed by atoms with Crippen molar-refractivity contribution in [3.63, 3.8) is 0 Å². The van der Waals surface area contributed by atoms with Gasteiger partial charge in [-0.3, -0.25) is 0 Å². The van der Waals surface area contributed by atoms with Crippen LogP contribution in [0.25, 0.3) is 0 Å². The fourth-order valence-corrected chi connectivity index (χ4v) is 1.82. The average molecular weight is 321 g/mol. The number of hydrogen-bond acceptors (Lipinski definition) is 2. The van der Waals surface area contributed by atoms with Crippen LogP contribution in [0.3, 0.4) is 0 Å². The van der Waals surface area contributed by atoms with Crippen LogP contribution in [0.1, 0.15) is 17.2 Å². The largest absolute Gasteiger partial charge is 0.573 e. The number of ether oxygens (including phenoxy) is 1. The van der Waals surface area contributed by atoms with Gasteiger partial charge in [-0.05, 0) is 35.4 Å². The van der Waals surface area contributed by atoms with Crippen molar-refractivity contribution in [2.45, 2.75) is 12.4 Å². The second-order valence-corrected chi connectivity index (χ2v) is 4.39. The van der Waals surface area contributed by atoms with E-state index in [9.17, 15) is 26.3 Å². The highest BCUT2D eigenvalue weighted by Gasteiger charge is 2.31. The number of alkyl halides is 3. The molecular formula is C14H9F6NO. The Morgan fingerprint density at radius 1 is 0.864 bits per heavy atom. The first-order chi connectivity index (χ1) is 10.2. The van der Waals surface area contributed by atoms with Crippen LogP contribution in [0.4, 0.5) is 26.3 Å². The maximum atomic E-state index is 13.2. The van der Waals surface area contributed by atoms with E-state index in [1.807, 2.05) is 0 Å². The van der Waals surface area contributed by atoms with E-state index in [0.717, 1.165) is 24.3 Å². The Labute approximate surface area is 121 Å². The standard InChI is InChI=1S/C14H9F6NO/c15-10-5-8(6-11(16)12(10)17)13(21)7-1-3-9(4-2-7)22-14(18,19)20/h1-6,13H,21H2/t13-/m1/s1. The number of nitrogens with two attached hydrogens (primary N) is 1. The molecule has 0 fully saturated rings. The zero-order chi connectivity index (χ0) is 16.5. The highest BCUT2D eigenvalue weighted by atomic mass is 19.4. The molecule has 0 spiro atoms. The van der Waals surface area contributed by atoms with Gasteiger partial charge in [-0.2, -0.15) is 0 Å². The van der Waals surface area contributed by atoms with Crippen molar-refractivity contribution in [1.82, 2.24) is 0 Å². The van der Waals surface area contributed by atoms with Crippen LogP contribution in [0.5, 0.6) is 5.75 Å². The van der Waals surface area contributed by atoms with E-state index in [-0.39, 0.29) is 11.1 Å². The van der Waals surface area contributed by atoms with E-state index >= 15 is 0 Å². The molecule has 0 saturated heterocycles. The summed E-state index contributed by atoms with van der Waals surface area (Å²) in [5.74, 6) is -4.88. The lowest BCUT2D eigenvalue weighted by atomic mass is 9.99. The molecule has 2 rings (SSSR count). The Bertz CT molecular complexity index is 645. The molecule has 0 unspecified atom stereocenters. The number of benzene rings is 2. The van der Waals surface area contributed by atoms with Gasteiger partial charge in [0.15, 0.2) is 17.5 Å². The van der Waals surface area contributed by atoms with E-state index in [4.69, 9.17) is 5.73 Å². The molecule has 0 aliphatic carbocycles. The SMILES string of the molecule is N[C@H](c1ccc(OC(F)(F)F)cc1)c1cc(F)c(F)c(F)c1. The van der Waals surface area contributed by atoms with Crippen molar-refractivity contribution in [2.24, 2.45) is 5.73 Å². The molecular weight excluding hydrogens is 312 g/mol. The normalized spacial score (nSPS) is 13.0. The van der Waals surface area contributed by atoms with Gasteiger partial charge in [0.2, 0.25) is 0 Å². The Morgan fingerprint density at radius 2 is 1.36 bits per heavy atom. The van der Waals surface area contributed by atoms with Crippen LogP contribution in [0.15, 0.2) is 36.4 Å². The third kappa shape index (κ3) is 3.70. The molecule has 0 aliphatic rings. The van der Waals surface area contributed by atoms with E-state index in [1.54, 1.807) is 0 Å². The topological polar surface area (TPSA) is 35.2 Å². The Kier molecular flexibility index (Phi) is 4.32. The van der Waals surface area contributed by atoms with Crippen LogP contribution in [0.2, 0.25) is 0 Å². The van der Waals surface area contributed by atoms with E-state index in [2.05, 4.69) is 4.74 Å². The maximum Gasteiger partial charge on any atom is 0.573 e. The van der Waals surface area contributed by atoms with Crippen molar-refractivity contribution in [1.29, 1.82) is 0 Å². The molecule has 0 heterocycles. The molecule has 0 saturated carbocycles.